The zero-order valence-electron chi connectivity index (χ0n) is 35.2. The van der Waals surface area contributed by atoms with Crippen molar-refractivity contribution in [3.05, 3.63) is 142 Å². The molecule has 0 bridgehead atoms. The average molecular weight is 985 g/mol. The minimum Gasteiger partial charge on any atom is -0.394 e. The molecule has 2 aromatic carbocycles. The Morgan fingerprint density at radius 1 is 0.531 bits per heavy atom. The van der Waals surface area contributed by atoms with Crippen molar-refractivity contribution in [1.29, 1.82) is 0 Å². The molecule has 4 atom stereocenters. The molecule has 4 aliphatic rings. The number of rotatable bonds is 7. The van der Waals surface area contributed by atoms with Crippen molar-refractivity contribution in [2.24, 2.45) is 0 Å². The zero-order chi connectivity index (χ0) is 43.6. The van der Waals surface area contributed by atoms with E-state index in [1.54, 1.807) is 12.4 Å². The molecule has 0 unspecified atom stereocenters. The molecule has 0 spiro atoms. The van der Waals surface area contributed by atoms with E-state index in [0.717, 1.165) is 119 Å². The van der Waals surface area contributed by atoms with Gasteiger partial charge in [-0.25, -0.2) is 39.9 Å². The van der Waals surface area contributed by atoms with Crippen LogP contribution < -0.4 is 9.80 Å². The van der Waals surface area contributed by atoms with Gasteiger partial charge in [-0.3, -0.25) is 0 Å². The Morgan fingerprint density at radius 3 is 1.53 bits per heavy atom. The van der Waals surface area contributed by atoms with E-state index in [9.17, 15) is 5.11 Å². The topological polar surface area (TPSA) is 160 Å². The summed E-state index contributed by atoms with van der Waals surface area (Å²) in [5, 5.41) is 18.7. The third-order valence-electron chi connectivity index (χ3n) is 12.7. The standard InChI is InChI=1S/C24H24N6O.C15H12BrN3.C9H12BrN3O/c31-15-18-7-4-12-29(18)24-25-13-17(14-26-24)19-8-9-20-23(28-19)30-21(10-11-22(30)27-20)16-5-2-1-3-6-16;16-13-8-6-11-15(18-13)19-12(7-9-14(19)17-11)10-4-2-1-3-5-10;10-7-4-11-9(12-5-7)13-3-1-2-8(13)6-14/h1-3,5-6,8-9,13-14,18,21,31H,4,7,10-12,15H2;1-6,8,12H,7,9H2;4-5,8,14H,1-3,6H2/t18-,21-;12-;8-/m111/s1. The van der Waals surface area contributed by atoms with Crippen LogP contribution in [0.5, 0.6) is 0 Å². The fourth-order valence-corrected chi connectivity index (χ4v) is 10.1. The second kappa shape index (κ2) is 18.8. The number of hydrogen-bond acceptors (Lipinski definition) is 12. The maximum absolute atomic E-state index is 9.58. The van der Waals surface area contributed by atoms with Crippen LogP contribution in [0, 0.1) is 0 Å². The second-order valence-corrected chi connectivity index (χ2v) is 18.3. The van der Waals surface area contributed by atoms with Gasteiger partial charge < -0.3 is 29.1 Å². The number of aliphatic hydroxyl groups is 2. The molecular weight excluding hydrogens is 936 g/mol. The van der Waals surface area contributed by atoms with Crippen molar-refractivity contribution >= 4 is 66.1 Å². The van der Waals surface area contributed by atoms with Crippen molar-refractivity contribution < 1.29 is 10.2 Å². The SMILES string of the molecule is Brc1ccc2nc3n(c2n1)[C@@H](c1ccccc1)CC3.OC[C@H]1CCCN1c1ncc(-c2ccc3nc4n(c3n2)[C@@H](c2ccccc2)CC4)cn1.OC[C@H]1CCCN1c1ncc(Br)cn1. The number of halogens is 2. The van der Waals surface area contributed by atoms with Crippen LogP contribution >= 0.6 is 31.9 Å². The first-order valence-corrected chi connectivity index (χ1v) is 23.6. The lowest BCUT2D eigenvalue weighted by atomic mass is 10.0. The molecular formula is C48H48Br2N12O2. The van der Waals surface area contributed by atoms with Crippen LogP contribution in [0.25, 0.3) is 33.6 Å². The van der Waals surface area contributed by atoms with Crippen molar-refractivity contribution in [2.75, 3.05) is 36.1 Å². The van der Waals surface area contributed by atoms with Gasteiger partial charge >= 0.3 is 0 Å². The first kappa shape index (κ1) is 42.3. The number of nitrogens with zero attached hydrogens (tertiary/aromatic N) is 12. The quantitative estimate of drug-likeness (QED) is 0.147. The summed E-state index contributed by atoms with van der Waals surface area (Å²) in [6.07, 6.45) is 15.4. The molecule has 16 heteroatoms. The summed E-state index contributed by atoms with van der Waals surface area (Å²) in [6, 6.07) is 30.2. The van der Waals surface area contributed by atoms with Crippen molar-refractivity contribution in [3.63, 3.8) is 0 Å². The summed E-state index contributed by atoms with van der Waals surface area (Å²) in [5.41, 5.74) is 8.18. The Bertz CT molecular complexity index is 2840. The van der Waals surface area contributed by atoms with Crippen LogP contribution in [0.1, 0.15) is 73.4 Å². The van der Waals surface area contributed by atoms with Crippen molar-refractivity contribution in [3.8, 4) is 11.3 Å². The highest BCUT2D eigenvalue weighted by Crippen LogP contribution is 2.37. The maximum Gasteiger partial charge on any atom is 0.225 e. The molecule has 0 radical (unpaired) electrons. The Kier molecular flexibility index (Phi) is 12.4. The molecule has 12 rings (SSSR count). The molecule has 0 aliphatic carbocycles. The highest BCUT2D eigenvalue weighted by Gasteiger charge is 2.30. The first-order chi connectivity index (χ1) is 31.4. The summed E-state index contributed by atoms with van der Waals surface area (Å²) in [6.45, 7) is 2.14. The predicted octanol–water partition coefficient (Wildman–Crippen LogP) is 8.31. The van der Waals surface area contributed by atoms with Gasteiger partial charge in [0, 0.05) is 56.3 Å². The fraction of sp³-hybridized carbons (Fsp3) is 0.333. The molecule has 64 heavy (non-hydrogen) atoms. The monoisotopic (exact) mass is 982 g/mol. The van der Waals surface area contributed by atoms with Crippen LogP contribution in [-0.4, -0.2) is 97.6 Å². The number of benzene rings is 2. The lowest BCUT2D eigenvalue weighted by Gasteiger charge is -2.22. The van der Waals surface area contributed by atoms with Gasteiger partial charge in [-0.05, 0) is 106 Å². The predicted molar refractivity (Wildman–Crippen MR) is 254 cm³/mol. The van der Waals surface area contributed by atoms with Crippen LogP contribution in [0.2, 0.25) is 0 Å². The third-order valence-corrected chi connectivity index (χ3v) is 13.5. The number of fused-ring (bicyclic) bond motifs is 6. The highest BCUT2D eigenvalue weighted by molar-refractivity contribution is 9.10. The van der Waals surface area contributed by atoms with Crippen LogP contribution in [0.4, 0.5) is 11.9 Å². The van der Waals surface area contributed by atoms with E-state index in [1.165, 1.54) is 11.1 Å². The van der Waals surface area contributed by atoms with E-state index in [0.29, 0.717) is 17.9 Å². The number of anilines is 2. The lowest BCUT2D eigenvalue weighted by molar-refractivity contribution is 0.265. The largest absolute Gasteiger partial charge is 0.394 e. The number of aliphatic hydroxyl groups excluding tert-OH is 2. The van der Waals surface area contributed by atoms with E-state index in [2.05, 4.69) is 141 Å². The van der Waals surface area contributed by atoms with Gasteiger partial charge in [0.15, 0.2) is 11.3 Å². The number of hydrogen-bond donors (Lipinski definition) is 2. The number of imidazole rings is 2. The summed E-state index contributed by atoms with van der Waals surface area (Å²) < 4.78 is 6.32. The first-order valence-electron chi connectivity index (χ1n) is 22.0. The highest BCUT2D eigenvalue weighted by atomic mass is 79.9. The normalized spacial score (nSPS) is 19.9. The van der Waals surface area contributed by atoms with E-state index >= 15 is 0 Å². The smallest absolute Gasteiger partial charge is 0.225 e. The molecule has 4 aliphatic heterocycles. The van der Waals surface area contributed by atoms with Gasteiger partial charge in [0.1, 0.15) is 27.3 Å². The minimum absolute atomic E-state index is 0.115. The summed E-state index contributed by atoms with van der Waals surface area (Å²) in [7, 11) is 0. The van der Waals surface area contributed by atoms with Gasteiger partial charge in [0.2, 0.25) is 11.9 Å². The van der Waals surface area contributed by atoms with Gasteiger partial charge in [0.05, 0.1) is 47.5 Å². The zero-order valence-corrected chi connectivity index (χ0v) is 38.4. The molecule has 2 fully saturated rings. The Hall–Kier alpha value is -5.68. The lowest BCUT2D eigenvalue weighted by Crippen LogP contribution is -2.33. The Morgan fingerprint density at radius 2 is 1.02 bits per heavy atom. The molecule has 8 aromatic rings. The number of pyridine rings is 2. The van der Waals surface area contributed by atoms with Crippen LogP contribution in [0.15, 0.2) is 119 Å². The Balaban J connectivity index is 0.000000125. The molecule has 2 saturated heterocycles. The summed E-state index contributed by atoms with van der Waals surface area (Å²) in [5.74, 6) is 3.64. The molecule has 10 heterocycles. The van der Waals surface area contributed by atoms with E-state index < -0.39 is 0 Å². The fourth-order valence-electron chi connectivity index (χ4n) is 9.59. The van der Waals surface area contributed by atoms with E-state index in [-0.39, 0.29) is 31.3 Å². The Labute approximate surface area is 387 Å². The van der Waals surface area contributed by atoms with Crippen LogP contribution in [0.3, 0.4) is 0 Å². The summed E-state index contributed by atoms with van der Waals surface area (Å²) in [4.78, 5) is 40.8. The summed E-state index contributed by atoms with van der Waals surface area (Å²) >= 11 is 6.74. The molecule has 2 N–H and O–H groups in total. The average Bonchev–Trinajstić information content (AvgIpc) is 4.21. The number of aromatic nitrogens is 10. The maximum atomic E-state index is 9.58. The van der Waals surface area contributed by atoms with Crippen molar-refractivity contribution in [2.45, 2.75) is 75.5 Å². The molecule has 0 amide bonds. The van der Waals surface area contributed by atoms with Gasteiger partial charge in [-0.2, -0.15) is 0 Å². The van der Waals surface area contributed by atoms with E-state index in [1.807, 2.05) is 36.7 Å². The second-order valence-electron chi connectivity index (χ2n) is 16.6. The van der Waals surface area contributed by atoms with Gasteiger partial charge in [-0.15, -0.1) is 0 Å². The van der Waals surface area contributed by atoms with Crippen LogP contribution in [-0.2, 0) is 12.8 Å². The third kappa shape index (κ3) is 8.51. The van der Waals surface area contributed by atoms with E-state index in [4.69, 9.17) is 15.1 Å². The van der Waals surface area contributed by atoms with Gasteiger partial charge in [-0.1, -0.05) is 60.7 Å². The van der Waals surface area contributed by atoms with Gasteiger partial charge in [0.25, 0.3) is 0 Å². The molecule has 14 nitrogen and oxygen atoms in total. The molecule has 0 saturated carbocycles. The molecule has 6 aromatic heterocycles. The van der Waals surface area contributed by atoms with Crippen molar-refractivity contribution in [1.82, 2.24) is 49.0 Å². The molecule has 326 valence electrons. The minimum atomic E-state index is 0.115. The number of aryl methyl sites for hydroxylation is 2.